The lowest BCUT2D eigenvalue weighted by atomic mass is 9.83. The van der Waals surface area contributed by atoms with Gasteiger partial charge in [0.25, 0.3) is 0 Å². The molecule has 1 aromatic carbocycles. The van der Waals surface area contributed by atoms with Gasteiger partial charge in [0.2, 0.25) is 5.91 Å². The molecule has 1 fully saturated rings. The minimum Gasteiger partial charge on any atom is -0.385 e. The van der Waals surface area contributed by atoms with Crippen LogP contribution in [0.25, 0.3) is 0 Å². The van der Waals surface area contributed by atoms with Gasteiger partial charge in [-0.15, -0.1) is 24.0 Å². The number of benzene rings is 1. The molecular formula is C24H41IN4O2. The number of amides is 1. The van der Waals surface area contributed by atoms with Crippen molar-refractivity contribution in [1.82, 2.24) is 10.6 Å². The van der Waals surface area contributed by atoms with Gasteiger partial charge in [-0.05, 0) is 55.2 Å². The lowest BCUT2D eigenvalue weighted by molar-refractivity contribution is -0.116. The molecule has 3 N–H and O–H groups in total. The third-order valence-electron chi connectivity index (χ3n) is 5.70. The first-order valence-corrected chi connectivity index (χ1v) is 11.4. The standard InChI is InChI=1S/C24H40N4O2.HI/c1-5-25-23(27-18-24(13-14-30-4)11-6-7-12-24)26-17-20-9-8-10-21(16-20)28-22(29)15-19(2)3;/h8-10,16,19H,5-7,11-15,17-18H2,1-4H3,(H,28,29)(H2,25,26,27);1H. The highest BCUT2D eigenvalue weighted by Crippen LogP contribution is 2.40. The van der Waals surface area contributed by atoms with Crippen molar-refractivity contribution in [2.75, 3.05) is 32.1 Å². The predicted octanol–water partition coefficient (Wildman–Crippen LogP) is 4.94. The van der Waals surface area contributed by atoms with Gasteiger partial charge in [0.05, 0.1) is 6.54 Å². The normalized spacial score (nSPS) is 15.5. The first-order chi connectivity index (χ1) is 14.5. The van der Waals surface area contributed by atoms with E-state index in [2.05, 4.69) is 22.9 Å². The Labute approximate surface area is 205 Å². The van der Waals surface area contributed by atoms with Gasteiger partial charge in [0.15, 0.2) is 5.96 Å². The fourth-order valence-electron chi connectivity index (χ4n) is 4.07. The van der Waals surface area contributed by atoms with Crippen molar-refractivity contribution in [2.45, 2.75) is 65.8 Å². The molecule has 6 nitrogen and oxygen atoms in total. The van der Waals surface area contributed by atoms with Crippen LogP contribution in [-0.4, -0.2) is 38.7 Å². The Hall–Kier alpha value is -1.35. The van der Waals surface area contributed by atoms with Crippen molar-refractivity contribution in [3.63, 3.8) is 0 Å². The Morgan fingerprint density at radius 3 is 2.61 bits per heavy atom. The quantitative estimate of drug-likeness (QED) is 0.210. The van der Waals surface area contributed by atoms with Crippen molar-refractivity contribution in [2.24, 2.45) is 16.3 Å². The van der Waals surface area contributed by atoms with E-state index in [0.717, 1.165) is 43.3 Å². The van der Waals surface area contributed by atoms with E-state index in [-0.39, 0.29) is 29.9 Å². The maximum absolute atomic E-state index is 12.0. The summed E-state index contributed by atoms with van der Waals surface area (Å²) in [7, 11) is 1.78. The number of ether oxygens (including phenoxy) is 1. The minimum atomic E-state index is 0. The second kappa shape index (κ2) is 14.7. The lowest BCUT2D eigenvalue weighted by Gasteiger charge is -2.30. The third kappa shape index (κ3) is 10.2. The van der Waals surface area contributed by atoms with E-state index in [0.29, 0.717) is 24.3 Å². The van der Waals surface area contributed by atoms with Gasteiger partial charge >= 0.3 is 0 Å². The number of rotatable bonds is 11. The van der Waals surface area contributed by atoms with Gasteiger partial charge in [0, 0.05) is 38.9 Å². The minimum absolute atomic E-state index is 0. The Morgan fingerprint density at radius 2 is 1.97 bits per heavy atom. The van der Waals surface area contributed by atoms with Crippen LogP contribution in [0.15, 0.2) is 29.3 Å². The van der Waals surface area contributed by atoms with E-state index in [1.165, 1.54) is 25.7 Å². The number of nitrogens with one attached hydrogen (secondary N) is 3. The molecule has 1 aliphatic rings. The summed E-state index contributed by atoms with van der Waals surface area (Å²) < 4.78 is 5.34. The highest BCUT2D eigenvalue weighted by atomic mass is 127. The number of carbonyl (C=O) groups excluding carboxylic acids is 1. The molecule has 1 aromatic rings. The van der Waals surface area contributed by atoms with E-state index >= 15 is 0 Å². The summed E-state index contributed by atoms with van der Waals surface area (Å²) in [5.41, 5.74) is 2.22. The summed E-state index contributed by atoms with van der Waals surface area (Å²) in [6.45, 7) is 9.29. The molecule has 1 amide bonds. The van der Waals surface area contributed by atoms with Crippen molar-refractivity contribution in [3.8, 4) is 0 Å². The maximum atomic E-state index is 12.0. The van der Waals surface area contributed by atoms with Crippen LogP contribution in [-0.2, 0) is 16.1 Å². The molecular weight excluding hydrogens is 503 g/mol. The molecule has 0 bridgehead atoms. The first kappa shape index (κ1) is 27.7. The van der Waals surface area contributed by atoms with E-state index in [1.807, 2.05) is 38.1 Å². The number of hydrogen-bond donors (Lipinski definition) is 3. The van der Waals surface area contributed by atoms with Crippen LogP contribution in [0.5, 0.6) is 0 Å². The molecule has 2 rings (SSSR count). The van der Waals surface area contributed by atoms with Crippen molar-refractivity contribution < 1.29 is 9.53 Å². The SMILES string of the molecule is CCNC(=NCc1cccc(NC(=O)CC(C)C)c1)NCC1(CCOC)CCCC1.I. The largest absolute Gasteiger partial charge is 0.385 e. The number of halogens is 1. The average molecular weight is 545 g/mol. The van der Waals surface area contributed by atoms with Crippen LogP contribution >= 0.6 is 24.0 Å². The molecule has 1 saturated carbocycles. The summed E-state index contributed by atoms with van der Waals surface area (Å²) in [5, 5.41) is 9.90. The zero-order chi connectivity index (χ0) is 21.8. The predicted molar refractivity (Wildman–Crippen MR) is 140 cm³/mol. The van der Waals surface area contributed by atoms with Crippen molar-refractivity contribution in [1.29, 1.82) is 0 Å². The summed E-state index contributed by atoms with van der Waals surface area (Å²) in [4.78, 5) is 16.8. The Morgan fingerprint density at radius 1 is 1.23 bits per heavy atom. The Bertz CT molecular complexity index is 688. The second-order valence-electron chi connectivity index (χ2n) is 8.85. The molecule has 7 heteroatoms. The summed E-state index contributed by atoms with van der Waals surface area (Å²) >= 11 is 0. The lowest BCUT2D eigenvalue weighted by Crippen LogP contribution is -2.43. The van der Waals surface area contributed by atoms with Crippen LogP contribution in [0.2, 0.25) is 0 Å². The molecule has 0 atom stereocenters. The molecule has 176 valence electrons. The van der Waals surface area contributed by atoms with Gasteiger partial charge in [-0.3, -0.25) is 4.79 Å². The fraction of sp³-hybridized carbons (Fsp3) is 0.667. The Balaban J connectivity index is 0.00000480. The van der Waals surface area contributed by atoms with Crippen LogP contribution in [0.4, 0.5) is 5.69 Å². The summed E-state index contributed by atoms with van der Waals surface area (Å²) in [6.07, 6.45) is 6.72. The Kier molecular flexibility index (Phi) is 13.1. The molecule has 31 heavy (non-hydrogen) atoms. The van der Waals surface area contributed by atoms with E-state index in [4.69, 9.17) is 9.73 Å². The third-order valence-corrected chi connectivity index (χ3v) is 5.70. The highest BCUT2D eigenvalue weighted by Gasteiger charge is 2.33. The molecule has 0 radical (unpaired) electrons. The number of nitrogens with zero attached hydrogens (tertiary/aromatic N) is 1. The molecule has 0 aromatic heterocycles. The van der Waals surface area contributed by atoms with Crippen LogP contribution in [0, 0.1) is 11.3 Å². The number of hydrogen-bond acceptors (Lipinski definition) is 3. The van der Waals surface area contributed by atoms with Gasteiger partial charge in [-0.1, -0.05) is 38.8 Å². The smallest absolute Gasteiger partial charge is 0.224 e. The summed E-state index contributed by atoms with van der Waals surface area (Å²) in [5.74, 6) is 1.24. The number of methoxy groups -OCH3 is 1. The van der Waals surface area contributed by atoms with Crippen molar-refractivity contribution >= 4 is 41.5 Å². The monoisotopic (exact) mass is 544 g/mol. The first-order valence-electron chi connectivity index (χ1n) is 11.4. The molecule has 0 heterocycles. The molecule has 0 aliphatic heterocycles. The fourth-order valence-corrected chi connectivity index (χ4v) is 4.07. The topological polar surface area (TPSA) is 74.8 Å². The number of carbonyl (C=O) groups is 1. The van der Waals surface area contributed by atoms with Gasteiger partial charge < -0.3 is 20.7 Å². The molecule has 1 aliphatic carbocycles. The van der Waals surface area contributed by atoms with E-state index < -0.39 is 0 Å². The zero-order valence-electron chi connectivity index (χ0n) is 19.6. The van der Waals surface area contributed by atoms with Crippen LogP contribution in [0.3, 0.4) is 0 Å². The number of aliphatic imine (C=N–C) groups is 1. The average Bonchev–Trinajstić information content (AvgIpc) is 3.17. The van der Waals surface area contributed by atoms with Crippen LogP contribution in [0.1, 0.15) is 64.9 Å². The maximum Gasteiger partial charge on any atom is 0.224 e. The second-order valence-corrected chi connectivity index (χ2v) is 8.85. The van der Waals surface area contributed by atoms with Crippen LogP contribution < -0.4 is 16.0 Å². The van der Waals surface area contributed by atoms with E-state index in [9.17, 15) is 4.79 Å². The number of anilines is 1. The summed E-state index contributed by atoms with van der Waals surface area (Å²) in [6, 6.07) is 7.94. The molecule has 0 saturated heterocycles. The van der Waals surface area contributed by atoms with Gasteiger partial charge in [0.1, 0.15) is 0 Å². The molecule has 0 spiro atoms. The van der Waals surface area contributed by atoms with Gasteiger partial charge in [-0.2, -0.15) is 0 Å². The number of guanidine groups is 1. The van der Waals surface area contributed by atoms with Crippen molar-refractivity contribution in [3.05, 3.63) is 29.8 Å². The zero-order valence-corrected chi connectivity index (χ0v) is 22.0. The van der Waals surface area contributed by atoms with E-state index in [1.54, 1.807) is 7.11 Å². The molecule has 0 unspecified atom stereocenters. The highest BCUT2D eigenvalue weighted by molar-refractivity contribution is 14.0. The van der Waals surface area contributed by atoms with Gasteiger partial charge in [-0.25, -0.2) is 4.99 Å².